The Balaban J connectivity index is 2.19. The zero-order chi connectivity index (χ0) is 12.7. The van der Waals surface area contributed by atoms with E-state index in [4.69, 9.17) is 5.11 Å². The summed E-state index contributed by atoms with van der Waals surface area (Å²) in [5.74, 6) is 0.651. The Bertz CT molecular complexity index is 354. The lowest BCUT2D eigenvalue weighted by molar-refractivity contribution is -0.118. The van der Waals surface area contributed by atoms with E-state index in [1.54, 1.807) is 19.1 Å². The van der Waals surface area contributed by atoms with Gasteiger partial charge in [0.15, 0.2) is 0 Å². The van der Waals surface area contributed by atoms with Crippen LogP contribution in [0.3, 0.4) is 0 Å². The van der Waals surface area contributed by atoms with Crippen LogP contribution in [-0.2, 0) is 10.5 Å². The number of benzene rings is 1. The van der Waals surface area contributed by atoms with Crippen LogP contribution in [0.1, 0.15) is 12.5 Å². The number of rotatable bonds is 6. The van der Waals surface area contributed by atoms with Gasteiger partial charge in [0.1, 0.15) is 5.82 Å². The minimum absolute atomic E-state index is 0.0991. The first kappa shape index (κ1) is 14.0. The van der Waals surface area contributed by atoms with Gasteiger partial charge in [-0.15, -0.1) is 11.8 Å². The summed E-state index contributed by atoms with van der Waals surface area (Å²) in [6.45, 7) is 1.89. The minimum Gasteiger partial charge on any atom is -0.392 e. The number of carbonyl (C=O) groups excluding carboxylic acids is 1. The highest BCUT2D eigenvalue weighted by atomic mass is 32.2. The highest BCUT2D eigenvalue weighted by molar-refractivity contribution is 7.99. The van der Waals surface area contributed by atoms with Crippen LogP contribution in [0.5, 0.6) is 0 Å². The Labute approximate surface area is 104 Å². The quantitative estimate of drug-likeness (QED) is 0.813. The minimum atomic E-state index is -0.527. The summed E-state index contributed by atoms with van der Waals surface area (Å²) >= 11 is 1.46. The third-order valence-corrected chi connectivity index (χ3v) is 3.01. The molecule has 0 heterocycles. The van der Waals surface area contributed by atoms with Crippen LogP contribution in [-0.4, -0.2) is 29.4 Å². The molecule has 0 aliphatic rings. The van der Waals surface area contributed by atoms with Gasteiger partial charge >= 0.3 is 0 Å². The van der Waals surface area contributed by atoms with Crippen molar-refractivity contribution in [2.45, 2.75) is 18.8 Å². The van der Waals surface area contributed by atoms with Crippen molar-refractivity contribution in [3.05, 3.63) is 35.6 Å². The van der Waals surface area contributed by atoms with Crippen molar-refractivity contribution in [2.75, 3.05) is 12.3 Å². The molecule has 1 aromatic rings. The van der Waals surface area contributed by atoms with Crippen molar-refractivity contribution in [1.82, 2.24) is 5.32 Å². The van der Waals surface area contributed by atoms with E-state index < -0.39 is 6.10 Å². The number of halogens is 1. The van der Waals surface area contributed by atoms with Crippen molar-refractivity contribution in [2.24, 2.45) is 0 Å². The summed E-state index contributed by atoms with van der Waals surface area (Å²) < 4.78 is 12.6. The second kappa shape index (κ2) is 7.29. The molecule has 0 spiro atoms. The van der Waals surface area contributed by atoms with E-state index in [1.807, 2.05) is 0 Å². The van der Waals surface area contributed by atoms with E-state index in [2.05, 4.69) is 5.32 Å². The lowest BCUT2D eigenvalue weighted by Crippen LogP contribution is -2.31. The fourth-order valence-corrected chi connectivity index (χ4v) is 1.97. The predicted molar refractivity (Wildman–Crippen MR) is 67.3 cm³/mol. The van der Waals surface area contributed by atoms with E-state index in [0.717, 1.165) is 5.56 Å². The van der Waals surface area contributed by atoms with Gasteiger partial charge in [0.05, 0.1) is 11.9 Å². The molecule has 0 aliphatic carbocycles. The summed E-state index contributed by atoms with van der Waals surface area (Å²) in [5, 5.41) is 11.6. The van der Waals surface area contributed by atoms with Crippen molar-refractivity contribution in [3.63, 3.8) is 0 Å². The highest BCUT2D eigenvalue weighted by Crippen LogP contribution is 2.12. The monoisotopic (exact) mass is 257 g/mol. The molecule has 0 saturated heterocycles. The normalized spacial score (nSPS) is 12.2. The fraction of sp³-hybridized carbons (Fsp3) is 0.417. The molecule has 0 radical (unpaired) electrons. The van der Waals surface area contributed by atoms with Crippen molar-refractivity contribution in [3.8, 4) is 0 Å². The Hall–Kier alpha value is -1.07. The maximum absolute atomic E-state index is 12.6. The average Bonchev–Trinajstić information content (AvgIpc) is 2.29. The Morgan fingerprint density at radius 3 is 2.71 bits per heavy atom. The first-order valence-electron chi connectivity index (χ1n) is 5.35. The third kappa shape index (κ3) is 6.28. The number of hydrogen-bond donors (Lipinski definition) is 2. The van der Waals surface area contributed by atoms with Gasteiger partial charge in [0, 0.05) is 12.3 Å². The molecule has 1 aromatic carbocycles. The summed E-state index contributed by atoms with van der Waals surface area (Å²) in [6, 6.07) is 6.22. The second-order valence-corrected chi connectivity index (χ2v) is 4.76. The maximum Gasteiger partial charge on any atom is 0.230 e. The van der Waals surface area contributed by atoms with Crippen LogP contribution in [0.4, 0.5) is 4.39 Å². The molecule has 1 rings (SSSR count). The predicted octanol–water partition coefficient (Wildman–Crippen LogP) is 1.56. The molecule has 1 amide bonds. The van der Waals surface area contributed by atoms with Crippen LogP contribution in [0.25, 0.3) is 0 Å². The number of aliphatic hydroxyl groups excluding tert-OH is 1. The lowest BCUT2D eigenvalue weighted by Gasteiger charge is -2.06. The van der Waals surface area contributed by atoms with Gasteiger partial charge in [0.2, 0.25) is 5.91 Å². The zero-order valence-corrected chi connectivity index (χ0v) is 10.5. The fourth-order valence-electron chi connectivity index (χ4n) is 1.15. The maximum atomic E-state index is 12.6. The molecule has 1 atom stereocenters. The van der Waals surface area contributed by atoms with Crippen LogP contribution in [0.15, 0.2) is 24.3 Å². The summed E-state index contributed by atoms with van der Waals surface area (Å²) in [7, 11) is 0. The van der Waals surface area contributed by atoms with Crippen LogP contribution in [0, 0.1) is 5.82 Å². The smallest absolute Gasteiger partial charge is 0.230 e. The van der Waals surface area contributed by atoms with E-state index in [-0.39, 0.29) is 18.3 Å². The van der Waals surface area contributed by atoms with Crippen molar-refractivity contribution < 1.29 is 14.3 Å². The molecule has 0 fully saturated rings. The molecule has 3 nitrogen and oxygen atoms in total. The Morgan fingerprint density at radius 1 is 1.47 bits per heavy atom. The molecule has 0 aliphatic heterocycles. The van der Waals surface area contributed by atoms with E-state index in [1.165, 1.54) is 23.9 Å². The average molecular weight is 257 g/mol. The van der Waals surface area contributed by atoms with E-state index >= 15 is 0 Å². The van der Waals surface area contributed by atoms with Crippen LogP contribution >= 0.6 is 11.8 Å². The summed E-state index contributed by atoms with van der Waals surface area (Å²) in [5.41, 5.74) is 0.986. The molecule has 2 N–H and O–H groups in total. The highest BCUT2D eigenvalue weighted by Gasteiger charge is 2.03. The lowest BCUT2D eigenvalue weighted by atomic mass is 10.2. The number of aliphatic hydroxyl groups is 1. The van der Waals surface area contributed by atoms with Crippen LogP contribution < -0.4 is 5.32 Å². The molecule has 0 unspecified atom stereocenters. The van der Waals surface area contributed by atoms with Gasteiger partial charge in [-0.05, 0) is 24.6 Å². The van der Waals surface area contributed by atoms with Crippen molar-refractivity contribution >= 4 is 17.7 Å². The van der Waals surface area contributed by atoms with E-state index in [9.17, 15) is 9.18 Å². The molecule has 0 aromatic heterocycles. The van der Waals surface area contributed by atoms with Gasteiger partial charge in [-0.1, -0.05) is 12.1 Å². The zero-order valence-electron chi connectivity index (χ0n) is 9.65. The largest absolute Gasteiger partial charge is 0.392 e. The van der Waals surface area contributed by atoms with Crippen LogP contribution in [0.2, 0.25) is 0 Å². The van der Waals surface area contributed by atoms with Gasteiger partial charge < -0.3 is 10.4 Å². The molecule has 17 heavy (non-hydrogen) atoms. The van der Waals surface area contributed by atoms with E-state index in [0.29, 0.717) is 11.5 Å². The number of hydrogen-bond acceptors (Lipinski definition) is 3. The number of amides is 1. The topological polar surface area (TPSA) is 49.3 Å². The third-order valence-electron chi connectivity index (χ3n) is 2.01. The molecule has 0 bridgehead atoms. The van der Waals surface area contributed by atoms with Crippen molar-refractivity contribution in [1.29, 1.82) is 0 Å². The van der Waals surface area contributed by atoms with Gasteiger partial charge in [-0.2, -0.15) is 0 Å². The van der Waals surface area contributed by atoms with Gasteiger partial charge in [0.25, 0.3) is 0 Å². The molecule has 0 saturated carbocycles. The summed E-state index contributed by atoms with van der Waals surface area (Å²) in [6.07, 6.45) is -0.527. The second-order valence-electron chi connectivity index (χ2n) is 3.77. The molecular weight excluding hydrogens is 241 g/mol. The first-order valence-corrected chi connectivity index (χ1v) is 6.50. The molecule has 5 heteroatoms. The standard InChI is InChI=1S/C12H16FNO2S/c1-9(15)6-14-12(16)8-17-7-10-2-4-11(13)5-3-10/h2-5,9,15H,6-8H2,1H3,(H,14,16)/t9-/m1/s1. The SMILES string of the molecule is C[C@@H](O)CNC(=O)CSCc1ccc(F)cc1. The molecular formula is C12H16FNO2S. The Morgan fingerprint density at radius 2 is 2.12 bits per heavy atom. The van der Waals surface area contributed by atoms with Gasteiger partial charge in [-0.3, -0.25) is 4.79 Å². The number of carbonyl (C=O) groups is 1. The first-order chi connectivity index (χ1) is 8.08. The van der Waals surface area contributed by atoms with Gasteiger partial charge in [-0.25, -0.2) is 4.39 Å². The number of nitrogens with one attached hydrogen (secondary N) is 1. The summed E-state index contributed by atoms with van der Waals surface area (Å²) in [4.78, 5) is 11.3. The molecule has 94 valence electrons. The Kier molecular flexibility index (Phi) is 6.00. The number of thioether (sulfide) groups is 1.